The zero-order valence-electron chi connectivity index (χ0n) is 12.6. The molecule has 2 unspecified atom stereocenters. The van der Waals surface area contributed by atoms with Gasteiger partial charge in [0.25, 0.3) is 0 Å². The summed E-state index contributed by atoms with van der Waals surface area (Å²) in [6.07, 6.45) is -0.462. The molecule has 1 amide bonds. The number of carbonyl (C=O) groups is 1. The van der Waals surface area contributed by atoms with Gasteiger partial charge in [0.1, 0.15) is 0 Å². The maximum atomic E-state index is 12.3. The van der Waals surface area contributed by atoms with E-state index in [1.807, 2.05) is 35.2 Å². The van der Waals surface area contributed by atoms with Gasteiger partial charge in [0.15, 0.2) is 0 Å². The molecule has 2 heterocycles. The van der Waals surface area contributed by atoms with Gasteiger partial charge in [-0.25, -0.2) is 0 Å². The molecular formula is C16H23N3O2S. The molecule has 5 nitrogen and oxygen atoms in total. The van der Waals surface area contributed by atoms with Crippen LogP contribution in [0.25, 0.3) is 0 Å². The molecule has 22 heavy (non-hydrogen) atoms. The van der Waals surface area contributed by atoms with Gasteiger partial charge in [-0.2, -0.15) is 0 Å². The van der Waals surface area contributed by atoms with Crippen LogP contribution in [-0.2, 0) is 4.79 Å². The molecule has 2 N–H and O–H groups in total. The molecule has 2 aliphatic rings. The average Bonchev–Trinajstić information content (AvgIpc) is 3.10. The van der Waals surface area contributed by atoms with Crippen molar-refractivity contribution in [3.63, 3.8) is 0 Å². The summed E-state index contributed by atoms with van der Waals surface area (Å²) in [6.45, 7) is 3.79. The maximum absolute atomic E-state index is 12.3. The molecule has 0 aromatic heterocycles. The molecule has 2 saturated heterocycles. The molecule has 2 atom stereocenters. The Morgan fingerprint density at radius 1 is 1.27 bits per heavy atom. The van der Waals surface area contributed by atoms with E-state index < -0.39 is 6.10 Å². The Morgan fingerprint density at radius 2 is 2.00 bits per heavy atom. The van der Waals surface area contributed by atoms with Crippen LogP contribution in [0.2, 0.25) is 0 Å². The lowest BCUT2D eigenvalue weighted by Gasteiger charge is -2.36. The van der Waals surface area contributed by atoms with Crippen LogP contribution < -0.4 is 5.32 Å². The van der Waals surface area contributed by atoms with Crippen molar-refractivity contribution in [1.82, 2.24) is 15.1 Å². The molecule has 2 fully saturated rings. The second-order valence-corrected chi connectivity index (χ2v) is 6.85. The second kappa shape index (κ2) is 7.46. The van der Waals surface area contributed by atoms with Crippen LogP contribution in [0.15, 0.2) is 30.3 Å². The number of β-amino-alcohol motifs (C(OH)–C–C–N with tert-alkyl or cyclic N) is 1. The second-order valence-electron chi connectivity index (χ2n) is 5.82. The number of nitrogens with zero attached hydrogens (tertiary/aromatic N) is 2. The molecule has 0 bridgehead atoms. The van der Waals surface area contributed by atoms with Crippen molar-refractivity contribution < 1.29 is 9.90 Å². The van der Waals surface area contributed by atoms with Gasteiger partial charge in [0.05, 0.1) is 12.1 Å². The van der Waals surface area contributed by atoms with E-state index in [1.54, 1.807) is 11.8 Å². The number of hydrogen-bond acceptors (Lipinski definition) is 5. The topological polar surface area (TPSA) is 55.8 Å². The Bertz CT molecular complexity index is 485. The van der Waals surface area contributed by atoms with Gasteiger partial charge in [-0.3, -0.25) is 15.0 Å². The minimum absolute atomic E-state index is 0.00791. The largest absolute Gasteiger partial charge is 0.387 e. The lowest BCUT2D eigenvalue weighted by atomic mass is 10.1. The van der Waals surface area contributed by atoms with E-state index in [4.69, 9.17) is 0 Å². The van der Waals surface area contributed by atoms with Crippen molar-refractivity contribution in [3.8, 4) is 0 Å². The van der Waals surface area contributed by atoms with E-state index in [1.165, 1.54) is 0 Å². The van der Waals surface area contributed by atoms with E-state index in [-0.39, 0.29) is 11.9 Å². The summed E-state index contributed by atoms with van der Waals surface area (Å²) in [4.78, 5) is 16.5. The van der Waals surface area contributed by atoms with Gasteiger partial charge in [-0.15, -0.1) is 11.8 Å². The first-order chi connectivity index (χ1) is 10.7. The minimum Gasteiger partial charge on any atom is -0.387 e. The Kier molecular flexibility index (Phi) is 5.36. The first-order valence-corrected chi connectivity index (χ1v) is 8.95. The Labute approximate surface area is 135 Å². The number of benzene rings is 1. The molecule has 3 rings (SSSR count). The van der Waals surface area contributed by atoms with E-state index >= 15 is 0 Å². The Balaban J connectivity index is 1.46. The zero-order chi connectivity index (χ0) is 15.4. The minimum atomic E-state index is -0.462. The Hall–Kier alpha value is -1.08. The predicted molar refractivity (Wildman–Crippen MR) is 88.7 cm³/mol. The highest BCUT2D eigenvalue weighted by Crippen LogP contribution is 2.16. The summed E-state index contributed by atoms with van der Waals surface area (Å²) in [7, 11) is 0. The van der Waals surface area contributed by atoms with Crippen molar-refractivity contribution in [1.29, 1.82) is 0 Å². The van der Waals surface area contributed by atoms with Gasteiger partial charge in [0.2, 0.25) is 5.91 Å². The van der Waals surface area contributed by atoms with Crippen LogP contribution >= 0.6 is 11.8 Å². The zero-order valence-corrected chi connectivity index (χ0v) is 13.5. The number of piperazine rings is 1. The molecule has 0 aliphatic carbocycles. The monoisotopic (exact) mass is 321 g/mol. The molecule has 0 radical (unpaired) electrons. The molecule has 0 spiro atoms. The molecule has 2 aliphatic heterocycles. The quantitative estimate of drug-likeness (QED) is 0.847. The van der Waals surface area contributed by atoms with Crippen LogP contribution in [0.5, 0.6) is 0 Å². The molecule has 120 valence electrons. The molecule has 1 aromatic carbocycles. The molecule has 0 saturated carbocycles. The maximum Gasteiger partial charge on any atom is 0.240 e. The highest BCUT2D eigenvalue weighted by molar-refractivity contribution is 7.99. The number of thioether (sulfide) groups is 1. The van der Waals surface area contributed by atoms with Gasteiger partial charge < -0.3 is 10.0 Å². The molecular weight excluding hydrogens is 298 g/mol. The van der Waals surface area contributed by atoms with E-state index in [9.17, 15) is 9.90 Å². The van der Waals surface area contributed by atoms with Crippen LogP contribution in [0, 0.1) is 0 Å². The number of hydrogen-bond donors (Lipinski definition) is 2. The van der Waals surface area contributed by atoms with Crippen LogP contribution in [0.3, 0.4) is 0 Å². The lowest BCUT2D eigenvalue weighted by molar-refractivity contribution is -0.134. The number of aliphatic hydroxyl groups excluding tert-OH is 1. The number of nitrogens with one attached hydrogen (secondary N) is 1. The summed E-state index contributed by atoms with van der Waals surface area (Å²) < 4.78 is 0. The van der Waals surface area contributed by atoms with E-state index in [0.29, 0.717) is 6.54 Å². The first-order valence-electron chi connectivity index (χ1n) is 7.79. The third-order valence-electron chi connectivity index (χ3n) is 4.31. The third-order valence-corrected chi connectivity index (χ3v) is 5.25. The number of rotatable bonds is 4. The molecule has 6 heteroatoms. The number of aliphatic hydroxyl groups is 1. The SMILES string of the molecule is O=C(C1CSCN1)N1CCN(CC(O)c2ccccc2)CC1. The normalized spacial score (nSPS) is 24.4. The summed E-state index contributed by atoms with van der Waals surface area (Å²) >= 11 is 1.78. The summed E-state index contributed by atoms with van der Waals surface area (Å²) in [5, 5.41) is 13.5. The first kappa shape index (κ1) is 15.8. The van der Waals surface area contributed by atoms with Crippen LogP contribution in [-0.4, -0.2) is 71.2 Å². The predicted octanol–water partition coefficient (Wildman–Crippen LogP) is 0.527. The van der Waals surface area contributed by atoms with Crippen molar-refractivity contribution in [3.05, 3.63) is 35.9 Å². The van der Waals surface area contributed by atoms with Gasteiger partial charge in [-0.05, 0) is 5.56 Å². The summed E-state index contributed by atoms with van der Waals surface area (Å²) in [5.41, 5.74) is 0.952. The van der Waals surface area contributed by atoms with Crippen LogP contribution in [0.4, 0.5) is 0 Å². The number of carbonyl (C=O) groups excluding carboxylic acids is 1. The standard InChI is InChI=1S/C16H23N3O2S/c20-15(13-4-2-1-3-5-13)10-18-6-8-19(9-7-18)16(21)14-11-22-12-17-14/h1-5,14-15,17,20H,6-12H2. The van der Waals surface area contributed by atoms with Crippen molar-refractivity contribution in [2.75, 3.05) is 44.4 Å². The molecule has 1 aromatic rings. The third kappa shape index (κ3) is 3.81. The smallest absolute Gasteiger partial charge is 0.240 e. The fourth-order valence-electron chi connectivity index (χ4n) is 2.95. The average molecular weight is 321 g/mol. The van der Waals surface area contributed by atoms with Crippen LogP contribution in [0.1, 0.15) is 11.7 Å². The summed E-state index contributed by atoms with van der Waals surface area (Å²) in [5.74, 6) is 1.99. The number of amides is 1. The fourth-order valence-corrected chi connectivity index (χ4v) is 3.88. The Morgan fingerprint density at radius 3 is 2.64 bits per heavy atom. The highest BCUT2D eigenvalue weighted by atomic mass is 32.2. The highest BCUT2D eigenvalue weighted by Gasteiger charge is 2.29. The van der Waals surface area contributed by atoms with E-state index in [0.717, 1.165) is 43.4 Å². The lowest BCUT2D eigenvalue weighted by Crippen LogP contribution is -2.54. The summed E-state index contributed by atoms with van der Waals surface area (Å²) in [6, 6.07) is 9.74. The van der Waals surface area contributed by atoms with Gasteiger partial charge >= 0.3 is 0 Å². The van der Waals surface area contributed by atoms with Crippen molar-refractivity contribution >= 4 is 17.7 Å². The fraction of sp³-hybridized carbons (Fsp3) is 0.562. The van der Waals surface area contributed by atoms with Crippen molar-refractivity contribution in [2.45, 2.75) is 12.1 Å². The van der Waals surface area contributed by atoms with E-state index in [2.05, 4.69) is 10.2 Å². The van der Waals surface area contributed by atoms with Gasteiger partial charge in [-0.1, -0.05) is 30.3 Å². The van der Waals surface area contributed by atoms with Gasteiger partial charge in [0, 0.05) is 44.4 Å². The van der Waals surface area contributed by atoms with Crippen molar-refractivity contribution in [2.24, 2.45) is 0 Å².